The summed E-state index contributed by atoms with van der Waals surface area (Å²) in [6, 6.07) is 0. The molecule has 4 heterocycles. The van der Waals surface area contributed by atoms with Crippen LogP contribution < -0.4 is 10.2 Å². The zero-order valence-electron chi connectivity index (χ0n) is 11.0. The van der Waals surface area contributed by atoms with E-state index in [2.05, 4.69) is 20.2 Å². The van der Waals surface area contributed by atoms with Crippen LogP contribution in [0.4, 0.5) is 5.95 Å². The van der Waals surface area contributed by atoms with E-state index in [9.17, 15) is 0 Å². The predicted molar refractivity (Wildman–Crippen MR) is 72.3 cm³/mol. The van der Waals surface area contributed by atoms with E-state index in [4.69, 9.17) is 5.10 Å². The van der Waals surface area contributed by atoms with Crippen LogP contribution in [0.25, 0.3) is 5.78 Å². The Kier molecular flexibility index (Phi) is 2.61. The van der Waals surface area contributed by atoms with Crippen LogP contribution in [-0.4, -0.2) is 39.2 Å². The van der Waals surface area contributed by atoms with Crippen molar-refractivity contribution in [3.8, 4) is 0 Å². The van der Waals surface area contributed by atoms with Crippen molar-refractivity contribution in [3.05, 3.63) is 17.5 Å². The van der Waals surface area contributed by atoms with Crippen molar-refractivity contribution in [3.63, 3.8) is 0 Å². The first-order valence-corrected chi connectivity index (χ1v) is 7.11. The summed E-state index contributed by atoms with van der Waals surface area (Å²) < 4.78 is 1.94. The average Bonchev–Trinajstić information content (AvgIpc) is 2.93. The van der Waals surface area contributed by atoms with Gasteiger partial charge in [0, 0.05) is 44.4 Å². The van der Waals surface area contributed by atoms with Gasteiger partial charge >= 0.3 is 0 Å². The Labute approximate surface area is 111 Å². The molecule has 1 saturated heterocycles. The molecule has 2 aliphatic rings. The highest BCUT2D eigenvalue weighted by molar-refractivity contribution is 5.42. The van der Waals surface area contributed by atoms with Crippen LogP contribution in [0.5, 0.6) is 0 Å². The lowest BCUT2D eigenvalue weighted by Gasteiger charge is -2.24. The number of hydrogen-bond acceptors (Lipinski definition) is 5. The SMILES string of the molecule is c1nc2nc(N3CCCCC3)nn2c2c1CNCC2. The molecule has 0 bridgehead atoms. The molecule has 6 heteroatoms. The molecule has 2 aromatic rings. The van der Waals surface area contributed by atoms with Gasteiger partial charge in [-0.15, -0.1) is 5.10 Å². The smallest absolute Gasteiger partial charge is 0.254 e. The third-order valence-corrected chi connectivity index (χ3v) is 4.03. The molecule has 19 heavy (non-hydrogen) atoms. The Morgan fingerprint density at radius 3 is 2.95 bits per heavy atom. The molecule has 1 N–H and O–H groups in total. The van der Waals surface area contributed by atoms with Crippen LogP contribution >= 0.6 is 0 Å². The molecule has 1 fully saturated rings. The molecule has 2 aromatic heterocycles. The van der Waals surface area contributed by atoms with Crippen molar-refractivity contribution in [1.82, 2.24) is 24.9 Å². The Morgan fingerprint density at radius 2 is 2.05 bits per heavy atom. The van der Waals surface area contributed by atoms with Gasteiger partial charge in [-0.1, -0.05) is 0 Å². The van der Waals surface area contributed by atoms with Crippen LogP contribution in [0.3, 0.4) is 0 Å². The van der Waals surface area contributed by atoms with Crippen molar-refractivity contribution in [2.24, 2.45) is 0 Å². The van der Waals surface area contributed by atoms with Crippen LogP contribution in [0, 0.1) is 0 Å². The van der Waals surface area contributed by atoms with Gasteiger partial charge in [-0.2, -0.15) is 9.50 Å². The standard InChI is InChI=1S/C13H18N6/c1-2-6-18(7-3-1)13-16-12-15-9-10-8-14-5-4-11(10)19(12)17-13/h9,14H,1-8H2. The summed E-state index contributed by atoms with van der Waals surface area (Å²) in [4.78, 5) is 11.3. The van der Waals surface area contributed by atoms with Crippen LogP contribution in [0.15, 0.2) is 6.20 Å². The number of hydrogen-bond donors (Lipinski definition) is 1. The lowest BCUT2D eigenvalue weighted by atomic mass is 10.1. The number of anilines is 1. The van der Waals surface area contributed by atoms with Crippen molar-refractivity contribution in [2.75, 3.05) is 24.5 Å². The van der Waals surface area contributed by atoms with Gasteiger partial charge in [-0.3, -0.25) is 0 Å². The molecule has 0 aromatic carbocycles. The van der Waals surface area contributed by atoms with Gasteiger partial charge in [0.1, 0.15) is 0 Å². The predicted octanol–water partition coefficient (Wildman–Crippen LogP) is 0.760. The second-order valence-corrected chi connectivity index (χ2v) is 5.33. The molecule has 0 saturated carbocycles. The maximum absolute atomic E-state index is 4.69. The maximum Gasteiger partial charge on any atom is 0.254 e. The lowest BCUT2D eigenvalue weighted by Crippen LogP contribution is -2.30. The third kappa shape index (κ3) is 1.87. The highest BCUT2D eigenvalue weighted by atomic mass is 15.4. The molecule has 0 amide bonds. The molecule has 0 spiro atoms. The Hall–Kier alpha value is -1.69. The fraction of sp³-hybridized carbons (Fsp3) is 0.615. The zero-order chi connectivity index (χ0) is 12.7. The number of nitrogens with zero attached hydrogens (tertiary/aromatic N) is 5. The normalized spacial score (nSPS) is 19.7. The first-order valence-electron chi connectivity index (χ1n) is 7.11. The second kappa shape index (κ2) is 4.45. The largest absolute Gasteiger partial charge is 0.339 e. The van der Waals surface area contributed by atoms with Crippen LogP contribution in [-0.2, 0) is 13.0 Å². The van der Waals surface area contributed by atoms with E-state index in [1.165, 1.54) is 30.5 Å². The maximum atomic E-state index is 4.69. The van der Waals surface area contributed by atoms with Gasteiger partial charge in [0.2, 0.25) is 5.95 Å². The molecular formula is C13H18N6. The molecule has 4 rings (SSSR count). The van der Waals surface area contributed by atoms with Gasteiger partial charge in [-0.05, 0) is 19.3 Å². The molecule has 0 unspecified atom stereocenters. The van der Waals surface area contributed by atoms with Crippen molar-refractivity contribution in [2.45, 2.75) is 32.2 Å². The van der Waals surface area contributed by atoms with Crippen molar-refractivity contribution >= 4 is 11.7 Å². The first-order chi connectivity index (χ1) is 9.42. The molecule has 6 nitrogen and oxygen atoms in total. The highest BCUT2D eigenvalue weighted by Gasteiger charge is 2.19. The third-order valence-electron chi connectivity index (χ3n) is 4.03. The summed E-state index contributed by atoms with van der Waals surface area (Å²) in [5.41, 5.74) is 2.51. The number of nitrogens with one attached hydrogen (secondary N) is 1. The lowest BCUT2D eigenvalue weighted by molar-refractivity contribution is 0.566. The monoisotopic (exact) mass is 258 g/mol. The van der Waals surface area contributed by atoms with Crippen LogP contribution in [0.1, 0.15) is 30.5 Å². The minimum atomic E-state index is 0.737. The number of piperidine rings is 1. The molecular weight excluding hydrogens is 240 g/mol. The van der Waals surface area contributed by atoms with E-state index in [1.807, 2.05) is 10.7 Å². The average molecular weight is 258 g/mol. The molecule has 100 valence electrons. The van der Waals surface area contributed by atoms with Gasteiger partial charge in [0.15, 0.2) is 0 Å². The summed E-state index contributed by atoms with van der Waals surface area (Å²) in [5, 5.41) is 8.05. The van der Waals surface area contributed by atoms with Crippen molar-refractivity contribution in [1.29, 1.82) is 0 Å². The van der Waals surface area contributed by atoms with Gasteiger partial charge < -0.3 is 10.2 Å². The van der Waals surface area contributed by atoms with E-state index in [0.29, 0.717) is 0 Å². The molecule has 2 aliphatic heterocycles. The van der Waals surface area contributed by atoms with E-state index < -0.39 is 0 Å². The summed E-state index contributed by atoms with van der Waals surface area (Å²) >= 11 is 0. The Morgan fingerprint density at radius 1 is 1.16 bits per heavy atom. The summed E-state index contributed by atoms with van der Waals surface area (Å²) in [5.74, 6) is 1.58. The van der Waals surface area contributed by atoms with Crippen molar-refractivity contribution < 1.29 is 0 Å². The Bertz CT molecular complexity index is 598. The molecule has 0 aliphatic carbocycles. The minimum Gasteiger partial charge on any atom is -0.339 e. The quantitative estimate of drug-likeness (QED) is 0.818. The first kappa shape index (κ1) is 11.2. The fourth-order valence-electron chi connectivity index (χ4n) is 2.98. The van der Waals surface area contributed by atoms with E-state index in [1.54, 1.807) is 0 Å². The Balaban J connectivity index is 1.78. The van der Waals surface area contributed by atoms with Gasteiger partial charge in [0.25, 0.3) is 5.78 Å². The summed E-state index contributed by atoms with van der Waals surface area (Å²) in [7, 11) is 0. The van der Waals surface area contributed by atoms with E-state index >= 15 is 0 Å². The summed E-state index contributed by atoms with van der Waals surface area (Å²) in [6.07, 6.45) is 6.74. The van der Waals surface area contributed by atoms with Gasteiger partial charge in [0.05, 0.1) is 5.69 Å². The number of fused-ring (bicyclic) bond motifs is 3. The fourth-order valence-corrected chi connectivity index (χ4v) is 2.98. The van der Waals surface area contributed by atoms with E-state index in [-0.39, 0.29) is 0 Å². The summed E-state index contributed by atoms with van der Waals surface area (Å²) in [6.45, 7) is 4.03. The highest BCUT2D eigenvalue weighted by Crippen LogP contribution is 2.19. The number of aromatic nitrogens is 4. The zero-order valence-corrected chi connectivity index (χ0v) is 11.0. The molecule has 0 radical (unpaired) electrons. The van der Waals surface area contributed by atoms with E-state index in [0.717, 1.165) is 44.3 Å². The van der Waals surface area contributed by atoms with Gasteiger partial charge in [-0.25, -0.2) is 4.98 Å². The van der Waals surface area contributed by atoms with Crippen LogP contribution in [0.2, 0.25) is 0 Å². The second-order valence-electron chi connectivity index (χ2n) is 5.33. The molecule has 0 atom stereocenters. The topological polar surface area (TPSA) is 58.4 Å². The number of rotatable bonds is 1. The minimum absolute atomic E-state index is 0.737.